The molecule has 2 amide bonds. The van der Waals surface area contributed by atoms with Gasteiger partial charge in [-0.1, -0.05) is 30.3 Å². The van der Waals surface area contributed by atoms with Crippen molar-refractivity contribution in [1.29, 1.82) is 0 Å². The second kappa shape index (κ2) is 8.64. The number of likely N-dealkylation sites (N-methyl/N-ethyl adjacent to an activating group) is 2. The van der Waals surface area contributed by atoms with Crippen LogP contribution in [0.25, 0.3) is 0 Å². The van der Waals surface area contributed by atoms with Crippen molar-refractivity contribution in [3.63, 3.8) is 0 Å². The zero-order chi connectivity index (χ0) is 16.7. The summed E-state index contributed by atoms with van der Waals surface area (Å²) in [6.45, 7) is 4.48. The molecule has 2 rings (SSSR count). The Bertz CT molecular complexity index is 513. The molecule has 23 heavy (non-hydrogen) atoms. The number of carbonyl (C=O) groups is 2. The predicted octanol–water partition coefficient (Wildman–Crippen LogP) is 0.00860. The zero-order valence-corrected chi connectivity index (χ0v) is 14.0. The highest BCUT2D eigenvalue weighted by atomic mass is 16.2. The smallest absolute Gasteiger partial charge is 0.236 e. The number of rotatable bonds is 6. The summed E-state index contributed by atoms with van der Waals surface area (Å²) in [5.41, 5.74) is 1.21. The lowest BCUT2D eigenvalue weighted by atomic mass is 10.2. The van der Waals surface area contributed by atoms with Gasteiger partial charge in [0.2, 0.25) is 11.8 Å². The van der Waals surface area contributed by atoms with Crippen molar-refractivity contribution >= 4 is 11.8 Å². The maximum atomic E-state index is 12.4. The summed E-state index contributed by atoms with van der Waals surface area (Å²) in [4.78, 5) is 29.8. The van der Waals surface area contributed by atoms with E-state index in [-0.39, 0.29) is 11.8 Å². The first-order valence-electron chi connectivity index (χ1n) is 8.01. The predicted molar refractivity (Wildman–Crippen MR) is 89.9 cm³/mol. The van der Waals surface area contributed by atoms with Gasteiger partial charge in [-0.15, -0.1) is 0 Å². The molecule has 0 bridgehead atoms. The first-order chi connectivity index (χ1) is 11.1. The molecular weight excluding hydrogens is 292 g/mol. The van der Waals surface area contributed by atoms with E-state index in [9.17, 15) is 9.59 Å². The lowest BCUT2D eigenvalue weighted by molar-refractivity contribution is -0.134. The van der Waals surface area contributed by atoms with E-state index in [0.29, 0.717) is 26.2 Å². The molecule has 0 atom stereocenters. The Kier molecular flexibility index (Phi) is 6.55. The SMILES string of the molecule is CNC(=O)CN1CCN(C(=O)CN(C)Cc2ccccc2)CC1. The van der Waals surface area contributed by atoms with Crippen LogP contribution < -0.4 is 5.32 Å². The molecule has 6 nitrogen and oxygen atoms in total. The Hall–Kier alpha value is -1.92. The van der Waals surface area contributed by atoms with E-state index in [1.807, 2.05) is 35.0 Å². The van der Waals surface area contributed by atoms with E-state index in [0.717, 1.165) is 19.6 Å². The molecule has 0 saturated carbocycles. The van der Waals surface area contributed by atoms with Gasteiger partial charge in [0.1, 0.15) is 0 Å². The summed E-state index contributed by atoms with van der Waals surface area (Å²) in [5, 5.41) is 2.63. The lowest BCUT2D eigenvalue weighted by Crippen LogP contribution is -2.52. The highest BCUT2D eigenvalue weighted by Gasteiger charge is 2.22. The normalized spacial score (nSPS) is 15.7. The first-order valence-corrected chi connectivity index (χ1v) is 8.01. The molecule has 1 aliphatic heterocycles. The topological polar surface area (TPSA) is 55.9 Å². The largest absolute Gasteiger partial charge is 0.358 e. The fourth-order valence-electron chi connectivity index (χ4n) is 2.72. The van der Waals surface area contributed by atoms with E-state index in [1.165, 1.54) is 5.56 Å². The molecule has 0 radical (unpaired) electrons. The zero-order valence-electron chi connectivity index (χ0n) is 14.0. The van der Waals surface area contributed by atoms with E-state index in [4.69, 9.17) is 0 Å². The average Bonchev–Trinajstić information content (AvgIpc) is 2.56. The lowest BCUT2D eigenvalue weighted by Gasteiger charge is -2.35. The second-order valence-electron chi connectivity index (χ2n) is 5.99. The van der Waals surface area contributed by atoms with Crippen molar-refractivity contribution in [2.45, 2.75) is 6.54 Å². The van der Waals surface area contributed by atoms with Gasteiger partial charge in [-0.05, 0) is 12.6 Å². The molecule has 0 aliphatic carbocycles. The Morgan fingerprint density at radius 1 is 1.13 bits per heavy atom. The van der Waals surface area contributed by atoms with Crippen LogP contribution in [0.5, 0.6) is 0 Å². The molecule has 6 heteroatoms. The maximum absolute atomic E-state index is 12.4. The van der Waals surface area contributed by atoms with Gasteiger partial charge < -0.3 is 10.2 Å². The third-order valence-electron chi connectivity index (χ3n) is 4.07. The van der Waals surface area contributed by atoms with Gasteiger partial charge in [0.25, 0.3) is 0 Å². The van der Waals surface area contributed by atoms with E-state index >= 15 is 0 Å². The van der Waals surface area contributed by atoms with Gasteiger partial charge >= 0.3 is 0 Å². The standard InChI is InChI=1S/C17H26N4O2/c1-18-16(22)13-20-8-10-21(11-9-20)17(23)14-19(2)12-15-6-4-3-5-7-15/h3-7H,8-14H2,1-2H3,(H,18,22). The van der Waals surface area contributed by atoms with E-state index in [1.54, 1.807) is 7.05 Å². The minimum absolute atomic E-state index is 0.0207. The summed E-state index contributed by atoms with van der Waals surface area (Å²) < 4.78 is 0. The van der Waals surface area contributed by atoms with Crippen LogP contribution in [0, 0.1) is 0 Å². The van der Waals surface area contributed by atoms with Crippen LogP contribution in [0.15, 0.2) is 30.3 Å². The molecule has 1 heterocycles. The Morgan fingerprint density at radius 3 is 2.39 bits per heavy atom. The number of piperazine rings is 1. The minimum atomic E-state index is 0.0207. The number of nitrogens with zero attached hydrogens (tertiary/aromatic N) is 3. The Morgan fingerprint density at radius 2 is 1.78 bits per heavy atom. The van der Waals surface area contributed by atoms with Gasteiger partial charge in [0.05, 0.1) is 13.1 Å². The number of hydrogen-bond acceptors (Lipinski definition) is 4. The summed E-state index contributed by atoms with van der Waals surface area (Å²) in [5.74, 6) is 0.176. The third-order valence-corrected chi connectivity index (χ3v) is 4.07. The van der Waals surface area contributed by atoms with Crippen LogP contribution in [0.2, 0.25) is 0 Å². The van der Waals surface area contributed by atoms with Crippen LogP contribution in [0.1, 0.15) is 5.56 Å². The summed E-state index contributed by atoms with van der Waals surface area (Å²) >= 11 is 0. The van der Waals surface area contributed by atoms with Gasteiger partial charge in [0.15, 0.2) is 0 Å². The maximum Gasteiger partial charge on any atom is 0.236 e. The number of hydrogen-bond donors (Lipinski definition) is 1. The quantitative estimate of drug-likeness (QED) is 0.803. The Balaban J connectivity index is 1.73. The number of amides is 2. The molecule has 1 fully saturated rings. The highest BCUT2D eigenvalue weighted by Crippen LogP contribution is 2.05. The van der Waals surface area contributed by atoms with Crippen molar-refractivity contribution in [1.82, 2.24) is 20.0 Å². The first kappa shape index (κ1) is 17.4. The van der Waals surface area contributed by atoms with Crippen molar-refractivity contribution in [2.24, 2.45) is 0 Å². The van der Waals surface area contributed by atoms with Crippen molar-refractivity contribution in [3.8, 4) is 0 Å². The van der Waals surface area contributed by atoms with Crippen LogP contribution in [-0.2, 0) is 16.1 Å². The average molecular weight is 318 g/mol. The summed E-state index contributed by atoms with van der Waals surface area (Å²) in [6.07, 6.45) is 0. The molecule has 1 N–H and O–H groups in total. The van der Waals surface area contributed by atoms with Crippen molar-refractivity contribution in [2.75, 3.05) is 53.4 Å². The van der Waals surface area contributed by atoms with Crippen LogP contribution in [0.3, 0.4) is 0 Å². The van der Waals surface area contributed by atoms with Gasteiger partial charge in [-0.3, -0.25) is 19.4 Å². The highest BCUT2D eigenvalue weighted by molar-refractivity contribution is 5.79. The van der Waals surface area contributed by atoms with Gasteiger partial charge in [-0.2, -0.15) is 0 Å². The Labute approximate surface area is 138 Å². The summed E-state index contributed by atoms with van der Waals surface area (Å²) in [7, 11) is 3.61. The third kappa shape index (κ3) is 5.65. The van der Waals surface area contributed by atoms with Gasteiger partial charge in [0, 0.05) is 39.8 Å². The minimum Gasteiger partial charge on any atom is -0.358 e. The van der Waals surface area contributed by atoms with Crippen LogP contribution >= 0.6 is 0 Å². The number of carbonyl (C=O) groups excluding carboxylic acids is 2. The second-order valence-corrected chi connectivity index (χ2v) is 5.99. The monoisotopic (exact) mass is 318 g/mol. The molecule has 1 aromatic rings. The summed E-state index contributed by atoms with van der Waals surface area (Å²) in [6, 6.07) is 10.2. The molecule has 0 spiro atoms. The molecular formula is C17H26N4O2. The van der Waals surface area contributed by atoms with Crippen LogP contribution in [0.4, 0.5) is 0 Å². The fourth-order valence-corrected chi connectivity index (χ4v) is 2.72. The van der Waals surface area contributed by atoms with Crippen molar-refractivity contribution in [3.05, 3.63) is 35.9 Å². The molecule has 126 valence electrons. The molecule has 0 unspecified atom stereocenters. The van der Waals surface area contributed by atoms with E-state index in [2.05, 4.69) is 22.3 Å². The number of benzene rings is 1. The number of nitrogens with one attached hydrogen (secondary N) is 1. The van der Waals surface area contributed by atoms with Crippen LogP contribution in [-0.4, -0.2) is 79.9 Å². The molecule has 0 aromatic heterocycles. The fraction of sp³-hybridized carbons (Fsp3) is 0.529. The van der Waals surface area contributed by atoms with E-state index < -0.39 is 0 Å². The molecule has 1 aliphatic rings. The molecule has 1 aromatic carbocycles. The van der Waals surface area contributed by atoms with Gasteiger partial charge in [-0.25, -0.2) is 0 Å². The molecule has 1 saturated heterocycles. The van der Waals surface area contributed by atoms with Crippen molar-refractivity contribution < 1.29 is 9.59 Å².